The number of amides is 1. The lowest BCUT2D eigenvalue weighted by atomic mass is 10.1. The zero-order valence-electron chi connectivity index (χ0n) is 8.33. The van der Waals surface area contributed by atoms with E-state index in [1.54, 1.807) is 0 Å². The maximum atomic E-state index is 11.7. The first-order chi connectivity index (χ1) is 7.65. The fourth-order valence-corrected chi connectivity index (χ4v) is 1.97. The van der Waals surface area contributed by atoms with Crippen molar-refractivity contribution < 1.29 is 4.79 Å². The molecule has 2 rings (SSSR count). The van der Waals surface area contributed by atoms with Crippen LogP contribution < -0.4 is 10.6 Å². The number of carbonyl (C=O) groups excluding carboxylic acids is 1. The molecule has 2 N–H and O–H groups in total. The molecule has 7 heteroatoms. The maximum absolute atomic E-state index is 11.7. The molecule has 86 valence electrons. The minimum absolute atomic E-state index is 0.0207. The maximum Gasteiger partial charge on any atom is 0.229 e. The summed E-state index contributed by atoms with van der Waals surface area (Å²) in [5.74, 6) is 0.241. The summed E-state index contributed by atoms with van der Waals surface area (Å²) >= 11 is 11.3. The molecule has 1 aromatic heterocycles. The standard InChI is InChI=1S/C9H10Cl2N4O/c10-6-3-7(15-9(11)13-6)14-8(16)5-1-2-12-4-5/h3,5,12H,1-2,4H2,(H,13,14,15,16). The van der Waals surface area contributed by atoms with Gasteiger partial charge in [-0.05, 0) is 24.6 Å². The van der Waals surface area contributed by atoms with Gasteiger partial charge in [0.15, 0.2) is 0 Å². The number of carbonyl (C=O) groups is 1. The minimum Gasteiger partial charge on any atom is -0.316 e. The van der Waals surface area contributed by atoms with Crippen molar-refractivity contribution >= 4 is 34.9 Å². The topological polar surface area (TPSA) is 66.9 Å². The summed E-state index contributed by atoms with van der Waals surface area (Å²) in [5, 5.41) is 6.01. The molecule has 0 aromatic carbocycles. The Morgan fingerprint density at radius 2 is 2.31 bits per heavy atom. The van der Waals surface area contributed by atoms with E-state index >= 15 is 0 Å². The van der Waals surface area contributed by atoms with E-state index in [2.05, 4.69) is 20.6 Å². The van der Waals surface area contributed by atoms with Gasteiger partial charge >= 0.3 is 0 Å². The molecule has 1 amide bonds. The highest BCUT2D eigenvalue weighted by Crippen LogP contribution is 2.16. The Bertz CT molecular complexity index is 386. The Kier molecular flexibility index (Phi) is 3.58. The lowest BCUT2D eigenvalue weighted by molar-refractivity contribution is -0.119. The molecule has 1 aliphatic heterocycles. The van der Waals surface area contributed by atoms with Gasteiger partial charge in [0.25, 0.3) is 0 Å². The Balaban J connectivity index is 2.05. The summed E-state index contributed by atoms with van der Waals surface area (Å²) in [4.78, 5) is 19.3. The van der Waals surface area contributed by atoms with Gasteiger partial charge in [-0.2, -0.15) is 0 Å². The summed E-state index contributed by atoms with van der Waals surface area (Å²) in [5.41, 5.74) is 0. The molecule has 0 radical (unpaired) electrons. The van der Waals surface area contributed by atoms with Crippen LogP contribution in [0.3, 0.4) is 0 Å². The van der Waals surface area contributed by atoms with Crippen LogP contribution in [0.5, 0.6) is 0 Å². The van der Waals surface area contributed by atoms with Crippen LogP contribution in [0.4, 0.5) is 5.82 Å². The van der Waals surface area contributed by atoms with Gasteiger partial charge in [-0.25, -0.2) is 9.97 Å². The van der Waals surface area contributed by atoms with Gasteiger partial charge in [-0.3, -0.25) is 4.79 Å². The molecule has 1 unspecified atom stereocenters. The van der Waals surface area contributed by atoms with E-state index < -0.39 is 0 Å². The first-order valence-electron chi connectivity index (χ1n) is 4.87. The van der Waals surface area contributed by atoms with Crippen LogP contribution in [0.1, 0.15) is 6.42 Å². The smallest absolute Gasteiger partial charge is 0.229 e. The molecule has 0 bridgehead atoms. The number of rotatable bonds is 2. The minimum atomic E-state index is -0.0733. The summed E-state index contributed by atoms with van der Waals surface area (Å²) in [6.45, 7) is 1.56. The van der Waals surface area contributed by atoms with E-state index in [4.69, 9.17) is 23.2 Å². The molecular formula is C9H10Cl2N4O. The average Bonchev–Trinajstić information content (AvgIpc) is 2.68. The predicted octanol–water partition coefficient (Wildman–Crippen LogP) is 1.33. The van der Waals surface area contributed by atoms with Crippen molar-refractivity contribution in [1.82, 2.24) is 15.3 Å². The van der Waals surface area contributed by atoms with Crippen molar-refractivity contribution in [3.05, 3.63) is 16.5 Å². The molecule has 0 saturated carbocycles. The van der Waals surface area contributed by atoms with Crippen molar-refractivity contribution in [2.75, 3.05) is 18.4 Å². The third kappa shape index (κ3) is 2.81. The zero-order valence-corrected chi connectivity index (χ0v) is 9.85. The van der Waals surface area contributed by atoms with Gasteiger partial charge in [0.1, 0.15) is 11.0 Å². The molecule has 1 fully saturated rings. The van der Waals surface area contributed by atoms with E-state index in [1.807, 2.05) is 0 Å². The van der Waals surface area contributed by atoms with Crippen LogP contribution in [0.2, 0.25) is 10.4 Å². The summed E-state index contributed by atoms with van der Waals surface area (Å²) in [7, 11) is 0. The lowest BCUT2D eigenvalue weighted by Crippen LogP contribution is -2.25. The molecular weight excluding hydrogens is 251 g/mol. The summed E-state index contributed by atoms with van der Waals surface area (Å²) in [6, 6.07) is 1.47. The van der Waals surface area contributed by atoms with Crippen LogP contribution in [-0.4, -0.2) is 29.0 Å². The lowest BCUT2D eigenvalue weighted by Gasteiger charge is -2.09. The van der Waals surface area contributed by atoms with Crippen LogP contribution >= 0.6 is 23.2 Å². The average molecular weight is 261 g/mol. The number of nitrogens with one attached hydrogen (secondary N) is 2. The molecule has 1 aromatic rings. The second-order valence-electron chi connectivity index (χ2n) is 3.52. The normalized spacial score (nSPS) is 19.8. The molecule has 2 heterocycles. The van der Waals surface area contributed by atoms with Gasteiger partial charge in [-0.15, -0.1) is 0 Å². The second-order valence-corrected chi connectivity index (χ2v) is 4.25. The summed E-state index contributed by atoms with van der Waals surface area (Å²) < 4.78 is 0. The zero-order chi connectivity index (χ0) is 11.5. The molecule has 1 atom stereocenters. The Labute approximate surface area is 103 Å². The number of anilines is 1. The first-order valence-corrected chi connectivity index (χ1v) is 5.62. The number of hydrogen-bond donors (Lipinski definition) is 2. The summed E-state index contributed by atoms with van der Waals surface area (Å²) in [6.07, 6.45) is 0.832. The molecule has 1 aliphatic rings. The Morgan fingerprint density at radius 1 is 1.50 bits per heavy atom. The number of aromatic nitrogens is 2. The van der Waals surface area contributed by atoms with E-state index in [0.717, 1.165) is 13.0 Å². The molecule has 1 saturated heterocycles. The van der Waals surface area contributed by atoms with Crippen molar-refractivity contribution in [3.8, 4) is 0 Å². The fraction of sp³-hybridized carbons (Fsp3) is 0.444. The highest BCUT2D eigenvalue weighted by molar-refractivity contribution is 6.32. The molecule has 5 nitrogen and oxygen atoms in total. The van der Waals surface area contributed by atoms with Gasteiger partial charge in [0.05, 0.1) is 5.92 Å². The van der Waals surface area contributed by atoms with Crippen LogP contribution in [0.25, 0.3) is 0 Å². The third-order valence-corrected chi connectivity index (χ3v) is 2.71. The van der Waals surface area contributed by atoms with Gasteiger partial charge in [-0.1, -0.05) is 11.6 Å². The Hall–Kier alpha value is -0.910. The van der Waals surface area contributed by atoms with Crippen molar-refractivity contribution in [1.29, 1.82) is 0 Å². The SMILES string of the molecule is O=C(Nc1cc(Cl)nc(Cl)n1)C1CCNC1. The van der Waals surface area contributed by atoms with Gasteiger partial charge < -0.3 is 10.6 Å². The van der Waals surface area contributed by atoms with E-state index in [-0.39, 0.29) is 22.3 Å². The van der Waals surface area contributed by atoms with E-state index in [9.17, 15) is 4.79 Å². The van der Waals surface area contributed by atoms with Crippen molar-refractivity contribution in [3.63, 3.8) is 0 Å². The largest absolute Gasteiger partial charge is 0.316 e. The van der Waals surface area contributed by atoms with Crippen LogP contribution in [-0.2, 0) is 4.79 Å². The van der Waals surface area contributed by atoms with E-state index in [1.165, 1.54) is 6.07 Å². The van der Waals surface area contributed by atoms with Crippen molar-refractivity contribution in [2.24, 2.45) is 5.92 Å². The third-order valence-electron chi connectivity index (χ3n) is 2.35. The predicted molar refractivity (Wildman–Crippen MR) is 61.7 cm³/mol. The number of halogens is 2. The highest BCUT2D eigenvalue weighted by Gasteiger charge is 2.22. The number of nitrogens with zero attached hydrogens (tertiary/aromatic N) is 2. The monoisotopic (exact) mass is 260 g/mol. The van der Waals surface area contributed by atoms with Crippen LogP contribution in [0, 0.1) is 5.92 Å². The van der Waals surface area contributed by atoms with Gasteiger partial charge in [0, 0.05) is 12.6 Å². The fourth-order valence-electron chi connectivity index (χ4n) is 1.56. The Morgan fingerprint density at radius 3 is 2.94 bits per heavy atom. The number of hydrogen-bond acceptors (Lipinski definition) is 4. The van der Waals surface area contributed by atoms with Gasteiger partial charge in [0.2, 0.25) is 11.2 Å². The molecule has 16 heavy (non-hydrogen) atoms. The second kappa shape index (κ2) is 4.95. The molecule has 0 spiro atoms. The highest BCUT2D eigenvalue weighted by atomic mass is 35.5. The quantitative estimate of drug-likeness (QED) is 0.622. The van der Waals surface area contributed by atoms with E-state index in [0.29, 0.717) is 12.4 Å². The van der Waals surface area contributed by atoms with Crippen molar-refractivity contribution in [2.45, 2.75) is 6.42 Å². The first kappa shape index (κ1) is 11.6. The molecule has 0 aliphatic carbocycles. The van der Waals surface area contributed by atoms with Crippen LogP contribution in [0.15, 0.2) is 6.07 Å².